The number of benzene rings is 2. The molecule has 28 heavy (non-hydrogen) atoms. The third kappa shape index (κ3) is 3.94. The summed E-state index contributed by atoms with van der Waals surface area (Å²) in [5.74, 6) is -0.149. The molecule has 0 unspecified atom stereocenters. The van der Waals surface area contributed by atoms with Crippen molar-refractivity contribution in [3.63, 3.8) is 0 Å². The first kappa shape index (κ1) is 18.7. The monoisotopic (exact) mass is 378 g/mol. The quantitative estimate of drug-likeness (QED) is 0.893. The highest BCUT2D eigenvalue weighted by Gasteiger charge is 2.41. The first-order valence-electron chi connectivity index (χ1n) is 9.96. The molecule has 0 radical (unpaired) electrons. The maximum absolute atomic E-state index is 13.5. The number of hydrogen-bond acceptors (Lipinski definition) is 3. The normalized spacial score (nSPS) is 19.3. The lowest BCUT2D eigenvalue weighted by atomic mass is 9.85. The van der Waals surface area contributed by atoms with E-state index in [2.05, 4.69) is 5.32 Å². The molecule has 146 valence electrons. The Kier molecular flexibility index (Phi) is 5.44. The van der Waals surface area contributed by atoms with Crippen molar-refractivity contribution in [3.8, 4) is 0 Å². The highest BCUT2D eigenvalue weighted by molar-refractivity contribution is 5.87. The summed E-state index contributed by atoms with van der Waals surface area (Å²) >= 11 is 0. The zero-order chi connectivity index (χ0) is 19.4. The number of ether oxygens (including phenoxy) is 1. The number of piperidine rings is 1. The second kappa shape index (κ2) is 8.15. The van der Waals surface area contributed by atoms with Gasteiger partial charge in [-0.15, -0.1) is 0 Å². The number of carbonyl (C=O) groups excluding carboxylic acids is 2. The van der Waals surface area contributed by atoms with Gasteiger partial charge in [-0.05, 0) is 24.0 Å². The second-order valence-electron chi connectivity index (χ2n) is 7.64. The molecule has 0 aromatic heterocycles. The Hall–Kier alpha value is -2.66. The topological polar surface area (TPSA) is 58.6 Å². The fourth-order valence-corrected chi connectivity index (χ4v) is 4.27. The van der Waals surface area contributed by atoms with E-state index in [9.17, 15) is 9.59 Å². The molecule has 2 amide bonds. The largest absolute Gasteiger partial charge is 0.372 e. The molecule has 2 saturated heterocycles. The molecule has 5 heteroatoms. The molecular weight excluding hydrogens is 352 g/mol. The van der Waals surface area contributed by atoms with E-state index in [-0.39, 0.29) is 17.7 Å². The van der Waals surface area contributed by atoms with E-state index < -0.39 is 5.60 Å². The lowest BCUT2D eigenvalue weighted by molar-refractivity contribution is -0.140. The van der Waals surface area contributed by atoms with Crippen molar-refractivity contribution in [2.75, 3.05) is 26.2 Å². The fourth-order valence-electron chi connectivity index (χ4n) is 4.27. The molecule has 0 atom stereocenters. The van der Waals surface area contributed by atoms with Gasteiger partial charge in [0.05, 0.1) is 24.5 Å². The maximum Gasteiger partial charge on any atom is 0.234 e. The van der Waals surface area contributed by atoms with Gasteiger partial charge in [0.25, 0.3) is 0 Å². The number of likely N-dealkylation sites (tertiary alicyclic amines) is 1. The Morgan fingerprint density at radius 2 is 1.54 bits per heavy atom. The van der Waals surface area contributed by atoms with Crippen LogP contribution in [0.4, 0.5) is 0 Å². The first-order chi connectivity index (χ1) is 13.7. The Morgan fingerprint density at radius 1 is 0.964 bits per heavy atom. The first-order valence-corrected chi connectivity index (χ1v) is 9.96. The van der Waals surface area contributed by atoms with Gasteiger partial charge in [0.2, 0.25) is 11.8 Å². The number of hydrogen-bond donors (Lipinski definition) is 1. The van der Waals surface area contributed by atoms with Gasteiger partial charge in [-0.1, -0.05) is 60.7 Å². The minimum absolute atomic E-state index is 0.0451. The van der Waals surface area contributed by atoms with Gasteiger partial charge in [-0.2, -0.15) is 0 Å². The van der Waals surface area contributed by atoms with Crippen LogP contribution >= 0.6 is 0 Å². The van der Waals surface area contributed by atoms with Crippen LogP contribution in [0.2, 0.25) is 0 Å². The minimum Gasteiger partial charge on any atom is -0.372 e. The van der Waals surface area contributed by atoms with Crippen LogP contribution in [-0.2, 0) is 14.3 Å². The summed E-state index contributed by atoms with van der Waals surface area (Å²) in [5, 5.41) is 2.87. The molecule has 2 aliphatic rings. The third-order valence-corrected chi connectivity index (χ3v) is 5.81. The Bertz CT molecular complexity index is 775. The smallest absolute Gasteiger partial charge is 0.234 e. The van der Waals surface area contributed by atoms with Crippen molar-refractivity contribution in [3.05, 3.63) is 71.8 Å². The molecule has 2 aromatic rings. The molecule has 0 bridgehead atoms. The average molecular weight is 378 g/mol. The summed E-state index contributed by atoms with van der Waals surface area (Å²) in [4.78, 5) is 27.4. The number of nitrogens with one attached hydrogen (secondary N) is 1. The second-order valence-corrected chi connectivity index (χ2v) is 7.64. The molecule has 0 aliphatic carbocycles. The Labute approximate surface area is 165 Å². The molecule has 2 aromatic carbocycles. The van der Waals surface area contributed by atoms with Gasteiger partial charge in [0, 0.05) is 19.6 Å². The molecule has 2 aliphatic heterocycles. The Balaban J connectivity index is 1.53. The van der Waals surface area contributed by atoms with E-state index in [1.165, 1.54) is 0 Å². The highest BCUT2D eigenvalue weighted by Crippen LogP contribution is 2.34. The van der Waals surface area contributed by atoms with E-state index in [0.29, 0.717) is 45.5 Å². The maximum atomic E-state index is 13.5. The van der Waals surface area contributed by atoms with Gasteiger partial charge in [-0.25, -0.2) is 0 Å². The Morgan fingerprint density at radius 3 is 2.11 bits per heavy atom. The van der Waals surface area contributed by atoms with Gasteiger partial charge in [-0.3, -0.25) is 9.59 Å². The summed E-state index contributed by atoms with van der Waals surface area (Å²) in [6.07, 6.45) is 1.78. The van der Waals surface area contributed by atoms with Crippen LogP contribution in [0, 0.1) is 0 Å². The number of rotatable bonds is 3. The van der Waals surface area contributed by atoms with E-state index in [4.69, 9.17) is 4.74 Å². The predicted molar refractivity (Wildman–Crippen MR) is 107 cm³/mol. The van der Waals surface area contributed by atoms with Crippen LogP contribution in [0.5, 0.6) is 0 Å². The molecule has 1 N–H and O–H groups in total. The lowest BCUT2D eigenvalue weighted by Gasteiger charge is -2.41. The van der Waals surface area contributed by atoms with Crippen molar-refractivity contribution in [2.45, 2.75) is 30.8 Å². The van der Waals surface area contributed by atoms with Crippen LogP contribution in [-0.4, -0.2) is 48.6 Å². The average Bonchev–Trinajstić information content (AvgIpc) is 2.91. The summed E-state index contributed by atoms with van der Waals surface area (Å²) < 4.78 is 6.04. The van der Waals surface area contributed by atoms with E-state index in [0.717, 1.165) is 11.1 Å². The predicted octanol–water partition coefficient (Wildman–Crippen LogP) is 2.72. The van der Waals surface area contributed by atoms with Crippen molar-refractivity contribution < 1.29 is 14.3 Å². The van der Waals surface area contributed by atoms with Gasteiger partial charge >= 0.3 is 0 Å². The van der Waals surface area contributed by atoms with Crippen LogP contribution in [0.1, 0.15) is 36.3 Å². The SMILES string of the molecule is O=C1CC2(CCN(C(=O)C(c3ccccc3)c3ccccc3)CC2)OCCN1. The van der Waals surface area contributed by atoms with Crippen LogP contribution < -0.4 is 5.32 Å². The van der Waals surface area contributed by atoms with Crippen molar-refractivity contribution in [2.24, 2.45) is 0 Å². The van der Waals surface area contributed by atoms with Gasteiger partial charge in [0.1, 0.15) is 0 Å². The van der Waals surface area contributed by atoms with Crippen molar-refractivity contribution in [1.82, 2.24) is 10.2 Å². The van der Waals surface area contributed by atoms with Crippen LogP contribution in [0.15, 0.2) is 60.7 Å². The molecule has 1 spiro atoms. The van der Waals surface area contributed by atoms with Crippen molar-refractivity contribution in [1.29, 1.82) is 0 Å². The molecule has 2 fully saturated rings. The molecular formula is C23H26N2O3. The molecule has 5 nitrogen and oxygen atoms in total. The van der Waals surface area contributed by atoms with E-state index in [1.807, 2.05) is 65.6 Å². The highest BCUT2D eigenvalue weighted by atomic mass is 16.5. The summed E-state index contributed by atoms with van der Waals surface area (Å²) in [5.41, 5.74) is 1.58. The van der Waals surface area contributed by atoms with Crippen molar-refractivity contribution >= 4 is 11.8 Å². The minimum atomic E-state index is -0.424. The van der Waals surface area contributed by atoms with Crippen LogP contribution in [0.25, 0.3) is 0 Å². The standard InChI is InChI=1S/C23H26N2O3/c26-20-17-23(28-16-13-24-20)11-14-25(15-12-23)22(27)21(18-7-3-1-4-8-18)19-9-5-2-6-10-19/h1-10,21H,11-17H2,(H,24,26). The number of carbonyl (C=O) groups is 2. The fraction of sp³-hybridized carbons (Fsp3) is 0.391. The summed E-state index contributed by atoms with van der Waals surface area (Å²) in [6, 6.07) is 19.9. The van der Waals surface area contributed by atoms with Gasteiger partial charge < -0.3 is 15.0 Å². The molecule has 4 rings (SSSR count). The van der Waals surface area contributed by atoms with E-state index >= 15 is 0 Å². The third-order valence-electron chi connectivity index (χ3n) is 5.81. The number of amides is 2. The van der Waals surface area contributed by atoms with E-state index in [1.54, 1.807) is 0 Å². The number of nitrogens with zero attached hydrogens (tertiary/aromatic N) is 1. The summed E-state index contributed by atoms with van der Waals surface area (Å²) in [6.45, 7) is 2.33. The summed E-state index contributed by atoms with van der Waals surface area (Å²) in [7, 11) is 0. The van der Waals surface area contributed by atoms with Gasteiger partial charge in [0.15, 0.2) is 0 Å². The van der Waals surface area contributed by atoms with Crippen LogP contribution in [0.3, 0.4) is 0 Å². The molecule has 0 saturated carbocycles. The zero-order valence-corrected chi connectivity index (χ0v) is 16.0. The molecule has 2 heterocycles. The zero-order valence-electron chi connectivity index (χ0n) is 16.0. The lowest BCUT2D eigenvalue weighted by Crippen LogP contribution is -2.50.